The number of benzene rings is 1. The van der Waals surface area contributed by atoms with Gasteiger partial charge in [-0.05, 0) is 38.1 Å². The first-order valence-corrected chi connectivity index (χ1v) is 8.63. The topological polar surface area (TPSA) is 44.4 Å². The lowest BCUT2D eigenvalue weighted by Gasteiger charge is -2.32. The van der Waals surface area contributed by atoms with E-state index in [2.05, 4.69) is 30.5 Å². The predicted octanol–water partition coefficient (Wildman–Crippen LogP) is 3.33. The number of urea groups is 1. The molecule has 2 atom stereocenters. The molecule has 0 aromatic heterocycles. The molecule has 2 amide bonds. The molecule has 0 radical (unpaired) electrons. The molecule has 2 rings (SSSR count). The first-order valence-electron chi connectivity index (χ1n) is 7.58. The Hall–Kier alpha value is -1.20. The van der Waals surface area contributed by atoms with Crippen LogP contribution in [-0.2, 0) is 0 Å². The van der Waals surface area contributed by atoms with E-state index in [1.165, 1.54) is 5.56 Å². The maximum Gasteiger partial charge on any atom is 0.321 e. The molecule has 116 valence electrons. The Balaban J connectivity index is 1.99. The third-order valence-electron chi connectivity index (χ3n) is 3.95. The zero-order valence-electron chi connectivity index (χ0n) is 13.1. The fourth-order valence-electron chi connectivity index (χ4n) is 2.41. The molecule has 0 bridgehead atoms. The summed E-state index contributed by atoms with van der Waals surface area (Å²) in [6.45, 7) is 5.97. The second kappa shape index (κ2) is 7.71. The minimum Gasteiger partial charge on any atom is -0.323 e. The van der Waals surface area contributed by atoms with Crippen LogP contribution in [0, 0.1) is 0 Å². The number of carbonyl (C=O) groups is 1. The predicted molar refractivity (Wildman–Crippen MR) is 91.0 cm³/mol. The average molecular weight is 307 g/mol. The lowest BCUT2D eigenvalue weighted by molar-refractivity contribution is 0.213. The van der Waals surface area contributed by atoms with Crippen LogP contribution in [0.5, 0.6) is 0 Å². The third-order valence-corrected chi connectivity index (χ3v) is 5.32. The van der Waals surface area contributed by atoms with E-state index in [9.17, 15) is 4.79 Å². The quantitative estimate of drug-likeness (QED) is 0.897. The summed E-state index contributed by atoms with van der Waals surface area (Å²) in [7, 11) is 1.94. The van der Waals surface area contributed by atoms with Gasteiger partial charge in [0.2, 0.25) is 0 Å². The van der Waals surface area contributed by atoms with Gasteiger partial charge in [-0.15, -0.1) is 0 Å². The molecule has 1 aliphatic rings. The number of amides is 2. The fraction of sp³-hybridized carbons (Fsp3) is 0.562. The Morgan fingerprint density at radius 3 is 3.05 bits per heavy atom. The van der Waals surface area contributed by atoms with Gasteiger partial charge in [-0.25, -0.2) is 4.79 Å². The summed E-state index contributed by atoms with van der Waals surface area (Å²) in [5.41, 5.74) is 2.04. The van der Waals surface area contributed by atoms with Crippen LogP contribution in [0.2, 0.25) is 0 Å². The molecular weight excluding hydrogens is 282 g/mol. The highest BCUT2D eigenvalue weighted by Crippen LogP contribution is 2.22. The molecule has 0 aliphatic carbocycles. The lowest BCUT2D eigenvalue weighted by Crippen LogP contribution is -2.43. The van der Waals surface area contributed by atoms with E-state index in [0.717, 1.165) is 31.0 Å². The molecule has 21 heavy (non-hydrogen) atoms. The smallest absolute Gasteiger partial charge is 0.321 e. The molecule has 0 spiro atoms. The summed E-state index contributed by atoms with van der Waals surface area (Å²) in [5, 5.41) is 6.81. The van der Waals surface area contributed by atoms with Gasteiger partial charge in [-0.3, -0.25) is 0 Å². The van der Waals surface area contributed by atoms with Gasteiger partial charge in [0.15, 0.2) is 0 Å². The van der Waals surface area contributed by atoms with Gasteiger partial charge < -0.3 is 15.5 Å². The van der Waals surface area contributed by atoms with E-state index in [0.29, 0.717) is 5.25 Å². The number of rotatable bonds is 4. The van der Waals surface area contributed by atoms with Crippen molar-refractivity contribution in [2.75, 3.05) is 31.2 Å². The highest BCUT2D eigenvalue weighted by molar-refractivity contribution is 8.00. The Bertz CT molecular complexity index is 480. The maximum atomic E-state index is 12.4. The highest BCUT2D eigenvalue weighted by atomic mass is 32.2. The van der Waals surface area contributed by atoms with Crippen LogP contribution in [-0.4, -0.2) is 42.1 Å². The molecule has 1 saturated heterocycles. The summed E-state index contributed by atoms with van der Waals surface area (Å²) in [4.78, 5) is 14.3. The molecule has 2 unspecified atom stereocenters. The van der Waals surface area contributed by atoms with Crippen LogP contribution in [0.15, 0.2) is 24.3 Å². The Labute approximate surface area is 131 Å². The van der Waals surface area contributed by atoms with Crippen LogP contribution >= 0.6 is 11.8 Å². The minimum atomic E-state index is 0.0167. The Morgan fingerprint density at radius 1 is 1.52 bits per heavy atom. The van der Waals surface area contributed by atoms with E-state index in [4.69, 9.17) is 0 Å². The number of carbonyl (C=O) groups excluding carboxylic acids is 1. The van der Waals surface area contributed by atoms with Crippen molar-refractivity contribution in [2.45, 2.75) is 31.6 Å². The van der Waals surface area contributed by atoms with Crippen LogP contribution < -0.4 is 10.6 Å². The van der Waals surface area contributed by atoms with Crippen LogP contribution in [0.25, 0.3) is 0 Å². The molecule has 2 N–H and O–H groups in total. The summed E-state index contributed by atoms with van der Waals surface area (Å²) < 4.78 is 0. The first kappa shape index (κ1) is 16.2. The molecule has 0 saturated carbocycles. The largest absolute Gasteiger partial charge is 0.323 e. The van der Waals surface area contributed by atoms with Gasteiger partial charge in [0.1, 0.15) is 0 Å². The average Bonchev–Trinajstić information content (AvgIpc) is 2.54. The van der Waals surface area contributed by atoms with E-state index in [1.54, 1.807) is 0 Å². The molecule has 1 aliphatic heterocycles. The highest BCUT2D eigenvalue weighted by Gasteiger charge is 2.22. The lowest BCUT2D eigenvalue weighted by atomic mass is 10.1. The number of nitrogens with zero attached hydrogens (tertiary/aromatic N) is 1. The minimum absolute atomic E-state index is 0.0167. The molecule has 1 aromatic rings. The number of anilines is 1. The molecular formula is C16H25N3OS. The van der Waals surface area contributed by atoms with Gasteiger partial charge >= 0.3 is 6.03 Å². The van der Waals surface area contributed by atoms with Crippen molar-refractivity contribution in [2.24, 2.45) is 0 Å². The third kappa shape index (κ3) is 4.38. The van der Waals surface area contributed by atoms with Gasteiger partial charge in [-0.2, -0.15) is 11.8 Å². The van der Waals surface area contributed by atoms with Crippen molar-refractivity contribution in [1.29, 1.82) is 0 Å². The number of nitrogens with one attached hydrogen (secondary N) is 2. The van der Waals surface area contributed by atoms with Crippen LogP contribution in [0.1, 0.15) is 31.9 Å². The van der Waals surface area contributed by atoms with E-state index in [1.807, 2.05) is 41.9 Å². The summed E-state index contributed by atoms with van der Waals surface area (Å²) in [6, 6.07) is 8.33. The van der Waals surface area contributed by atoms with E-state index >= 15 is 0 Å². The summed E-state index contributed by atoms with van der Waals surface area (Å²) >= 11 is 1.97. The standard InChI is InChI=1S/C16H25N3OS/c1-4-15-11-19(8-9-21-15)16(20)18-14-7-5-6-13(10-14)12(2)17-3/h5-7,10,12,15,17H,4,8-9,11H2,1-3H3,(H,18,20). The van der Waals surface area contributed by atoms with Gasteiger partial charge in [0.25, 0.3) is 0 Å². The van der Waals surface area contributed by atoms with Gasteiger partial charge in [0.05, 0.1) is 0 Å². The molecule has 1 heterocycles. The molecule has 1 fully saturated rings. The normalized spacial score (nSPS) is 20.1. The molecule has 4 nitrogen and oxygen atoms in total. The Kier molecular flexibility index (Phi) is 5.94. The van der Waals surface area contributed by atoms with E-state index in [-0.39, 0.29) is 12.1 Å². The summed E-state index contributed by atoms with van der Waals surface area (Å²) in [5.74, 6) is 1.03. The van der Waals surface area contributed by atoms with Crippen LogP contribution in [0.3, 0.4) is 0 Å². The molecule has 1 aromatic carbocycles. The number of thioether (sulfide) groups is 1. The second-order valence-electron chi connectivity index (χ2n) is 5.41. The van der Waals surface area contributed by atoms with Crippen molar-refractivity contribution in [3.05, 3.63) is 29.8 Å². The van der Waals surface area contributed by atoms with Crippen molar-refractivity contribution in [3.8, 4) is 0 Å². The first-order chi connectivity index (χ1) is 10.1. The zero-order chi connectivity index (χ0) is 15.2. The van der Waals surface area contributed by atoms with Gasteiger partial charge in [0, 0.05) is 35.8 Å². The monoisotopic (exact) mass is 307 g/mol. The van der Waals surface area contributed by atoms with Gasteiger partial charge in [-0.1, -0.05) is 19.1 Å². The van der Waals surface area contributed by atoms with Crippen molar-refractivity contribution >= 4 is 23.5 Å². The van der Waals surface area contributed by atoms with Crippen LogP contribution in [0.4, 0.5) is 10.5 Å². The maximum absolute atomic E-state index is 12.4. The Morgan fingerprint density at radius 2 is 2.33 bits per heavy atom. The number of hydrogen-bond donors (Lipinski definition) is 2. The van der Waals surface area contributed by atoms with Crippen molar-refractivity contribution in [3.63, 3.8) is 0 Å². The van der Waals surface area contributed by atoms with Crippen molar-refractivity contribution in [1.82, 2.24) is 10.2 Å². The fourth-order valence-corrected chi connectivity index (χ4v) is 3.59. The second-order valence-corrected chi connectivity index (χ2v) is 6.82. The molecule has 5 heteroatoms. The van der Waals surface area contributed by atoms with E-state index < -0.39 is 0 Å². The zero-order valence-corrected chi connectivity index (χ0v) is 13.9. The number of hydrogen-bond acceptors (Lipinski definition) is 3. The summed E-state index contributed by atoms with van der Waals surface area (Å²) in [6.07, 6.45) is 1.11. The SMILES string of the molecule is CCC1CN(C(=O)Nc2cccc(C(C)NC)c2)CCS1. The van der Waals surface area contributed by atoms with Crippen molar-refractivity contribution < 1.29 is 4.79 Å².